The van der Waals surface area contributed by atoms with Gasteiger partial charge in [0.15, 0.2) is 0 Å². The molecule has 1 aliphatic carbocycles. The van der Waals surface area contributed by atoms with Crippen molar-refractivity contribution in [1.29, 1.82) is 0 Å². The van der Waals surface area contributed by atoms with E-state index in [0.29, 0.717) is 19.3 Å². The van der Waals surface area contributed by atoms with E-state index in [-0.39, 0.29) is 0 Å². The van der Waals surface area contributed by atoms with Crippen molar-refractivity contribution in [3.8, 4) is 0 Å². The Bertz CT molecular complexity index is 328. The molecule has 5 nitrogen and oxygen atoms in total. The fraction of sp³-hybridized carbons (Fsp3) is 0.875. The van der Waals surface area contributed by atoms with Gasteiger partial charge in [0.05, 0.1) is 17.8 Å². The molecule has 0 amide bonds. The lowest BCUT2D eigenvalue weighted by Crippen LogP contribution is -2.33. The highest BCUT2D eigenvalue weighted by atomic mass is 32.2. The Kier molecular flexibility index (Phi) is 2.87. The first-order valence-electron chi connectivity index (χ1n) is 4.43. The fourth-order valence-corrected chi connectivity index (χ4v) is 2.31. The summed E-state index contributed by atoms with van der Waals surface area (Å²) in [6.45, 7) is 1.72. The maximum atomic E-state index is 10.9. The summed E-state index contributed by atoms with van der Waals surface area (Å²) in [6, 6.07) is 0. The molecule has 1 unspecified atom stereocenters. The van der Waals surface area contributed by atoms with Crippen LogP contribution in [0.15, 0.2) is 0 Å². The Morgan fingerprint density at radius 1 is 1.57 bits per heavy atom. The van der Waals surface area contributed by atoms with Crippen LogP contribution in [0.1, 0.15) is 26.2 Å². The second-order valence-electron chi connectivity index (χ2n) is 3.66. The highest BCUT2D eigenvalue weighted by Gasteiger charge is 2.57. The standard InChI is InChI=1S/C8H14O5S/c1-3-6(13-14(2,11)12)8(4-5-8)7(9)10/h6H,3-5H2,1-2H3,(H,9,10). The van der Waals surface area contributed by atoms with Crippen LogP contribution >= 0.6 is 0 Å². The number of carboxylic acids is 1. The second-order valence-corrected chi connectivity index (χ2v) is 5.26. The van der Waals surface area contributed by atoms with Gasteiger partial charge in [-0.3, -0.25) is 8.98 Å². The Labute approximate surface area is 83.2 Å². The van der Waals surface area contributed by atoms with Crippen LogP contribution in [0.25, 0.3) is 0 Å². The maximum absolute atomic E-state index is 10.9. The normalized spacial score (nSPS) is 21.6. The minimum absolute atomic E-state index is 0.388. The van der Waals surface area contributed by atoms with E-state index < -0.39 is 27.6 Å². The lowest BCUT2D eigenvalue weighted by atomic mass is 9.98. The van der Waals surface area contributed by atoms with Crippen LogP contribution in [0, 0.1) is 5.41 Å². The molecule has 0 bridgehead atoms. The largest absolute Gasteiger partial charge is 0.481 e. The molecule has 1 aliphatic rings. The van der Waals surface area contributed by atoms with E-state index in [4.69, 9.17) is 9.29 Å². The SMILES string of the molecule is CCC(OS(C)(=O)=O)C1(C(=O)O)CC1. The molecule has 6 heteroatoms. The van der Waals surface area contributed by atoms with Crippen molar-refractivity contribution >= 4 is 16.1 Å². The third-order valence-electron chi connectivity index (χ3n) is 2.49. The zero-order valence-electron chi connectivity index (χ0n) is 8.19. The maximum Gasteiger partial charge on any atom is 0.312 e. The number of carboxylic acid groups (broad SMARTS) is 1. The van der Waals surface area contributed by atoms with Crippen molar-refractivity contribution in [1.82, 2.24) is 0 Å². The molecule has 14 heavy (non-hydrogen) atoms. The molecule has 1 N–H and O–H groups in total. The topological polar surface area (TPSA) is 80.7 Å². The van der Waals surface area contributed by atoms with E-state index in [1.807, 2.05) is 0 Å². The van der Waals surface area contributed by atoms with Gasteiger partial charge in [-0.25, -0.2) is 0 Å². The zero-order valence-corrected chi connectivity index (χ0v) is 9.00. The summed E-state index contributed by atoms with van der Waals surface area (Å²) in [5.74, 6) is -0.965. The number of rotatable bonds is 5. The second kappa shape index (κ2) is 3.51. The highest BCUT2D eigenvalue weighted by Crippen LogP contribution is 2.51. The summed E-state index contributed by atoms with van der Waals surface area (Å²) in [5.41, 5.74) is -0.960. The van der Waals surface area contributed by atoms with Gasteiger partial charge in [0, 0.05) is 0 Å². The molecular formula is C8H14O5S. The summed E-state index contributed by atoms with van der Waals surface area (Å²) in [5, 5.41) is 8.93. The predicted molar refractivity (Wildman–Crippen MR) is 49.3 cm³/mol. The van der Waals surface area contributed by atoms with Crippen LogP contribution in [-0.4, -0.2) is 31.9 Å². The molecule has 82 valence electrons. The van der Waals surface area contributed by atoms with Crippen molar-refractivity contribution in [3.05, 3.63) is 0 Å². The van der Waals surface area contributed by atoms with Gasteiger partial charge in [-0.05, 0) is 19.3 Å². The van der Waals surface area contributed by atoms with E-state index >= 15 is 0 Å². The molecule has 0 spiro atoms. The van der Waals surface area contributed by atoms with Gasteiger partial charge in [0.2, 0.25) is 0 Å². The van der Waals surface area contributed by atoms with Crippen LogP contribution < -0.4 is 0 Å². The van der Waals surface area contributed by atoms with Crippen molar-refractivity contribution in [2.45, 2.75) is 32.3 Å². The first-order chi connectivity index (χ1) is 6.32. The van der Waals surface area contributed by atoms with E-state index in [1.54, 1.807) is 6.92 Å². The monoisotopic (exact) mass is 222 g/mol. The lowest BCUT2D eigenvalue weighted by Gasteiger charge is -2.20. The van der Waals surface area contributed by atoms with E-state index in [2.05, 4.69) is 0 Å². The minimum atomic E-state index is -3.58. The van der Waals surface area contributed by atoms with Gasteiger partial charge in [-0.15, -0.1) is 0 Å². The third-order valence-corrected chi connectivity index (χ3v) is 3.07. The molecule has 0 aromatic heterocycles. The summed E-state index contributed by atoms with van der Waals surface area (Å²) in [6.07, 6.45) is 1.59. The van der Waals surface area contributed by atoms with Gasteiger partial charge in [-0.2, -0.15) is 8.42 Å². The van der Waals surface area contributed by atoms with Gasteiger partial charge in [0.1, 0.15) is 0 Å². The van der Waals surface area contributed by atoms with Crippen molar-refractivity contribution in [2.75, 3.05) is 6.26 Å². The molecule has 0 aromatic rings. The van der Waals surface area contributed by atoms with Crippen LogP contribution in [-0.2, 0) is 19.1 Å². The van der Waals surface area contributed by atoms with E-state index in [0.717, 1.165) is 6.26 Å². The smallest absolute Gasteiger partial charge is 0.312 e. The van der Waals surface area contributed by atoms with Crippen LogP contribution in [0.3, 0.4) is 0 Å². The molecule has 1 rings (SSSR count). The Balaban J connectivity index is 2.78. The van der Waals surface area contributed by atoms with Crippen molar-refractivity contribution in [2.24, 2.45) is 5.41 Å². The Hall–Kier alpha value is -0.620. The average molecular weight is 222 g/mol. The predicted octanol–water partition coefficient (Wildman–Crippen LogP) is 0.606. The van der Waals surface area contributed by atoms with Gasteiger partial charge in [-0.1, -0.05) is 6.92 Å². The molecule has 1 atom stereocenters. The molecule has 0 aromatic carbocycles. The van der Waals surface area contributed by atoms with Gasteiger partial charge >= 0.3 is 5.97 Å². The van der Waals surface area contributed by atoms with Crippen LogP contribution in [0.4, 0.5) is 0 Å². The minimum Gasteiger partial charge on any atom is -0.481 e. The summed E-state index contributed by atoms with van der Waals surface area (Å²) in [7, 11) is -3.58. The first-order valence-corrected chi connectivity index (χ1v) is 6.25. The van der Waals surface area contributed by atoms with Crippen molar-refractivity contribution < 1.29 is 22.5 Å². The zero-order chi connectivity index (χ0) is 11.0. The average Bonchev–Trinajstić information content (AvgIpc) is 2.78. The molecule has 0 aliphatic heterocycles. The summed E-state index contributed by atoms with van der Waals surface area (Å²) in [4.78, 5) is 10.9. The van der Waals surface area contributed by atoms with E-state index in [9.17, 15) is 13.2 Å². The lowest BCUT2D eigenvalue weighted by molar-refractivity contribution is -0.147. The number of hydrogen-bond donors (Lipinski definition) is 1. The number of hydrogen-bond acceptors (Lipinski definition) is 4. The quantitative estimate of drug-likeness (QED) is 0.689. The fourth-order valence-electron chi connectivity index (χ4n) is 1.57. The Morgan fingerprint density at radius 2 is 2.07 bits per heavy atom. The highest BCUT2D eigenvalue weighted by molar-refractivity contribution is 7.86. The number of carbonyl (C=O) groups is 1. The first kappa shape index (κ1) is 11.5. The Morgan fingerprint density at radius 3 is 2.29 bits per heavy atom. The van der Waals surface area contributed by atoms with Gasteiger partial charge in [0.25, 0.3) is 10.1 Å². The molecule has 1 fully saturated rings. The van der Waals surface area contributed by atoms with Gasteiger partial charge < -0.3 is 5.11 Å². The van der Waals surface area contributed by atoms with E-state index in [1.165, 1.54) is 0 Å². The molecular weight excluding hydrogens is 208 g/mol. The number of aliphatic carboxylic acids is 1. The molecule has 1 saturated carbocycles. The van der Waals surface area contributed by atoms with Crippen molar-refractivity contribution in [3.63, 3.8) is 0 Å². The molecule has 0 heterocycles. The van der Waals surface area contributed by atoms with Crippen LogP contribution in [0.5, 0.6) is 0 Å². The molecule has 0 saturated heterocycles. The summed E-state index contributed by atoms with van der Waals surface area (Å²) >= 11 is 0. The summed E-state index contributed by atoms with van der Waals surface area (Å²) < 4.78 is 26.5. The molecule has 0 radical (unpaired) electrons. The third kappa shape index (κ3) is 2.24. The van der Waals surface area contributed by atoms with Crippen LogP contribution in [0.2, 0.25) is 0 Å².